The highest BCUT2D eigenvalue weighted by molar-refractivity contribution is 4.65. The Balaban J connectivity index is 1.86. The average Bonchev–Trinajstić information content (AvgIpc) is 2.59. The molecule has 2 heterocycles. The van der Waals surface area contributed by atoms with Gasteiger partial charge in [-0.2, -0.15) is 0 Å². The van der Waals surface area contributed by atoms with Crippen LogP contribution < -0.4 is 0 Å². The zero-order valence-corrected chi connectivity index (χ0v) is 6.89. The SMILES string of the molecule is c1cn(CN2CCOCC2)nn1. The molecular weight excluding hydrogens is 156 g/mol. The van der Waals surface area contributed by atoms with Gasteiger partial charge in [-0.15, -0.1) is 5.10 Å². The third kappa shape index (κ3) is 1.80. The van der Waals surface area contributed by atoms with Gasteiger partial charge in [0.05, 0.1) is 26.1 Å². The van der Waals surface area contributed by atoms with Crippen molar-refractivity contribution in [2.45, 2.75) is 6.67 Å². The smallest absolute Gasteiger partial charge is 0.0948 e. The van der Waals surface area contributed by atoms with Gasteiger partial charge in [0.1, 0.15) is 0 Å². The Morgan fingerprint density at radius 2 is 2.17 bits per heavy atom. The zero-order valence-electron chi connectivity index (χ0n) is 6.89. The number of rotatable bonds is 2. The number of aromatic nitrogens is 3. The monoisotopic (exact) mass is 168 g/mol. The normalized spacial score (nSPS) is 19.7. The molecule has 2 rings (SSSR count). The van der Waals surface area contributed by atoms with Gasteiger partial charge in [-0.3, -0.25) is 4.90 Å². The second-order valence-corrected chi connectivity index (χ2v) is 2.81. The van der Waals surface area contributed by atoms with Gasteiger partial charge in [0.15, 0.2) is 0 Å². The number of hydrogen-bond acceptors (Lipinski definition) is 4. The van der Waals surface area contributed by atoms with E-state index in [2.05, 4.69) is 15.2 Å². The number of morpholine rings is 1. The minimum absolute atomic E-state index is 0.823. The zero-order chi connectivity index (χ0) is 8.23. The highest BCUT2D eigenvalue weighted by atomic mass is 16.5. The Kier molecular flexibility index (Phi) is 2.33. The third-order valence-corrected chi connectivity index (χ3v) is 1.92. The van der Waals surface area contributed by atoms with Crippen LogP contribution in [0.4, 0.5) is 0 Å². The van der Waals surface area contributed by atoms with Gasteiger partial charge in [0.2, 0.25) is 0 Å². The Morgan fingerprint density at radius 1 is 1.33 bits per heavy atom. The maximum atomic E-state index is 5.23. The predicted molar refractivity (Wildman–Crippen MR) is 42.4 cm³/mol. The predicted octanol–water partition coefficient (Wildman–Crippen LogP) is -0.432. The van der Waals surface area contributed by atoms with Crippen molar-refractivity contribution in [3.63, 3.8) is 0 Å². The highest BCUT2D eigenvalue weighted by Gasteiger charge is 2.09. The molecule has 0 bridgehead atoms. The summed E-state index contributed by atoms with van der Waals surface area (Å²) >= 11 is 0. The maximum absolute atomic E-state index is 5.23. The van der Waals surface area contributed by atoms with Gasteiger partial charge in [-0.05, 0) is 0 Å². The molecule has 0 atom stereocenters. The second-order valence-electron chi connectivity index (χ2n) is 2.81. The van der Waals surface area contributed by atoms with E-state index in [0.717, 1.165) is 33.0 Å². The maximum Gasteiger partial charge on any atom is 0.0948 e. The van der Waals surface area contributed by atoms with Crippen LogP contribution in [0.25, 0.3) is 0 Å². The Hall–Kier alpha value is -0.940. The van der Waals surface area contributed by atoms with Crippen molar-refractivity contribution in [2.75, 3.05) is 26.3 Å². The first-order valence-corrected chi connectivity index (χ1v) is 4.09. The summed E-state index contributed by atoms with van der Waals surface area (Å²) in [6, 6.07) is 0. The van der Waals surface area contributed by atoms with E-state index in [-0.39, 0.29) is 0 Å². The summed E-state index contributed by atoms with van der Waals surface area (Å²) in [6.45, 7) is 4.45. The molecule has 0 unspecified atom stereocenters. The minimum atomic E-state index is 0.823. The number of ether oxygens (including phenoxy) is 1. The highest BCUT2D eigenvalue weighted by Crippen LogP contribution is 1.97. The van der Waals surface area contributed by atoms with Crippen molar-refractivity contribution < 1.29 is 4.74 Å². The van der Waals surface area contributed by atoms with Gasteiger partial charge in [0.25, 0.3) is 0 Å². The lowest BCUT2D eigenvalue weighted by molar-refractivity contribution is 0.0210. The quantitative estimate of drug-likeness (QED) is 0.601. The lowest BCUT2D eigenvalue weighted by Gasteiger charge is -2.25. The average molecular weight is 168 g/mol. The summed E-state index contributed by atoms with van der Waals surface area (Å²) in [5, 5.41) is 7.64. The van der Waals surface area contributed by atoms with Crippen LogP contribution in [-0.4, -0.2) is 46.2 Å². The first-order valence-electron chi connectivity index (χ1n) is 4.09. The second kappa shape index (κ2) is 3.64. The Labute approximate surface area is 70.9 Å². The van der Waals surface area contributed by atoms with E-state index in [9.17, 15) is 0 Å². The van der Waals surface area contributed by atoms with E-state index in [0.29, 0.717) is 0 Å². The lowest BCUT2D eigenvalue weighted by Crippen LogP contribution is -2.37. The molecule has 0 saturated carbocycles. The molecule has 1 fully saturated rings. The Bertz CT molecular complexity index is 217. The molecule has 0 amide bonds. The van der Waals surface area contributed by atoms with Crippen molar-refractivity contribution >= 4 is 0 Å². The van der Waals surface area contributed by atoms with Crippen LogP contribution in [0, 0.1) is 0 Å². The molecule has 0 radical (unpaired) electrons. The molecule has 1 aliphatic heterocycles. The summed E-state index contributed by atoms with van der Waals surface area (Å²) < 4.78 is 7.06. The fourth-order valence-electron chi connectivity index (χ4n) is 1.26. The van der Waals surface area contributed by atoms with Crippen molar-refractivity contribution in [3.8, 4) is 0 Å². The van der Waals surface area contributed by atoms with E-state index >= 15 is 0 Å². The molecule has 12 heavy (non-hydrogen) atoms. The van der Waals surface area contributed by atoms with Crippen molar-refractivity contribution in [2.24, 2.45) is 0 Å². The Morgan fingerprint density at radius 3 is 2.83 bits per heavy atom. The van der Waals surface area contributed by atoms with Gasteiger partial charge in [0, 0.05) is 19.3 Å². The van der Waals surface area contributed by atoms with Crippen molar-refractivity contribution in [1.29, 1.82) is 0 Å². The third-order valence-electron chi connectivity index (χ3n) is 1.92. The molecular formula is C7H12N4O. The summed E-state index contributed by atoms with van der Waals surface area (Å²) in [4.78, 5) is 2.29. The first kappa shape index (κ1) is 7.70. The molecule has 1 aromatic rings. The molecule has 0 aliphatic carbocycles. The molecule has 0 N–H and O–H groups in total. The fraction of sp³-hybridized carbons (Fsp3) is 0.714. The van der Waals surface area contributed by atoms with Gasteiger partial charge < -0.3 is 4.74 Å². The summed E-state index contributed by atoms with van der Waals surface area (Å²) in [7, 11) is 0. The van der Waals surface area contributed by atoms with E-state index < -0.39 is 0 Å². The largest absolute Gasteiger partial charge is 0.379 e. The van der Waals surface area contributed by atoms with Crippen LogP contribution >= 0.6 is 0 Å². The standard InChI is InChI=1S/C7H12N4O/c1-2-11(9-8-1)7-10-3-5-12-6-4-10/h1-2H,3-7H2. The van der Waals surface area contributed by atoms with Crippen molar-refractivity contribution in [3.05, 3.63) is 12.4 Å². The van der Waals surface area contributed by atoms with Gasteiger partial charge >= 0.3 is 0 Å². The van der Waals surface area contributed by atoms with E-state index in [4.69, 9.17) is 4.74 Å². The molecule has 5 heteroatoms. The molecule has 66 valence electrons. The number of hydrogen-bond donors (Lipinski definition) is 0. The number of nitrogens with zero attached hydrogens (tertiary/aromatic N) is 4. The minimum Gasteiger partial charge on any atom is -0.379 e. The van der Waals surface area contributed by atoms with E-state index in [1.807, 2.05) is 10.9 Å². The fourth-order valence-corrected chi connectivity index (χ4v) is 1.26. The molecule has 1 aromatic heterocycles. The van der Waals surface area contributed by atoms with Crippen LogP contribution in [0.15, 0.2) is 12.4 Å². The molecule has 0 aromatic carbocycles. The van der Waals surface area contributed by atoms with Crippen LogP contribution in [0.1, 0.15) is 0 Å². The van der Waals surface area contributed by atoms with E-state index in [1.54, 1.807) is 6.20 Å². The van der Waals surface area contributed by atoms with Gasteiger partial charge in [-0.1, -0.05) is 5.21 Å². The first-order chi connectivity index (χ1) is 5.95. The lowest BCUT2D eigenvalue weighted by atomic mass is 10.4. The summed E-state index contributed by atoms with van der Waals surface area (Å²) in [5.74, 6) is 0. The molecule has 0 spiro atoms. The van der Waals surface area contributed by atoms with Crippen LogP contribution in [0.3, 0.4) is 0 Å². The van der Waals surface area contributed by atoms with Crippen LogP contribution in [0.5, 0.6) is 0 Å². The topological polar surface area (TPSA) is 43.2 Å². The van der Waals surface area contributed by atoms with Crippen molar-refractivity contribution in [1.82, 2.24) is 19.9 Å². The molecule has 1 aliphatic rings. The van der Waals surface area contributed by atoms with Crippen LogP contribution in [-0.2, 0) is 11.4 Å². The molecule has 1 saturated heterocycles. The molecule has 5 nitrogen and oxygen atoms in total. The van der Waals surface area contributed by atoms with Crippen LogP contribution in [0.2, 0.25) is 0 Å². The van der Waals surface area contributed by atoms with Gasteiger partial charge in [-0.25, -0.2) is 4.68 Å². The summed E-state index contributed by atoms with van der Waals surface area (Å²) in [6.07, 6.45) is 3.57. The van der Waals surface area contributed by atoms with E-state index in [1.165, 1.54) is 0 Å². The summed E-state index contributed by atoms with van der Waals surface area (Å²) in [5.41, 5.74) is 0.